The first kappa shape index (κ1) is 20.2. The molecule has 0 N–H and O–H groups in total. The van der Waals surface area contributed by atoms with E-state index in [4.69, 9.17) is 16.6 Å². The Bertz CT molecular complexity index is 930. The summed E-state index contributed by atoms with van der Waals surface area (Å²) < 4.78 is 30.4. The average molecular weight is 410 g/mol. The summed E-state index contributed by atoms with van der Waals surface area (Å²) in [6.07, 6.45) is 1.19. The molecule has 2 heterocycles. The normalized spacial score (nSPS) is 19.2. The van der Waals surface area contributed by atoms with Crippen LogP contribution in [0, 0.1) is 10.8 Å². The number of hydrogen-bond donors (Lipinski definition) is 0. The topological polar surface area (TPSA) is 68.3 Å². The van der Waals surface area contributed by atoms with Crippen LogP contribution in [0.25, 0.3) is 0 Å². The smallest absolute Gasteiger partial charge is 0.288 e. The Kier molecular flexibility index (Phi) is 6.18. The maximum absolute atomic E-state index is 11.6. The zero-order chi connectivity index (χ0) is 19.6. The Balaban J connectivity index is 1.58. The van der Waals surface area contributed by atoms with E-state index in [0.29, 0.717) is 36.2 Å². The van der Waals surface area contributed by atoms with Gasteiger partial charge in [0, 0.05) is 13.0 Å². The number of aromatic nitrogens is 2. The molecule has 2 aromatic rings. The van der Waals surface area contributed by atoms with E-state index in [1.54, 1.807) is 4.68 Å². The Morgan fingerprint density at radius 2 is 2.04 bits per heavy atom. The van der Waals surface area contributed by atoms with E-state index in [9.17, 15) is 8.42 Å². The molecule has 0 saturated carbocycles. The summed E-state index contributed by atoms with van der Waals surface area (Å²) in [7, 11) is -0.882. The standard InChI is InChI=1S/C19H27N3O3S2/c1-14(2)17-6-4-15(5-7-17)11-21(3)13-22-19(26)25-18(20-22)10-16-8-9-27(23,24)12-16/h4-7,14,16H,8-13H2,1-3H3/t16-/m0/s1. The lowest BCUT2D eigenvalue weighted by Gasteiger charge is -2.16. The van der Waals surface area contributed by atoms with Gasteiger partial charge < -0.3 is 4.42 Å². The van der Waals surface area contributed by atoms with Crippen LogP contribution in [0.2, 0.25) is 0 Å². The third-order valence-electron chi connectivity index (χ3n) is 4.91. The molecule has 1 saturated heterocycles. The number of hydrogen-bond acceptors (Lipinski definition) is 6. The SMILES string of the molecule is CC(C)c1ccc(CN(C)Cn2nc(C[C@@H]3CCS(=O)(=O)C3)oc2=S)cc1. The van der Waals surface area contributed by atoms with Gasteiger partial charge in [-0.05, 0) is 48.6 Å². The van der Waals surface area contributed by atoms with Crippen LogP contribution in [0.4, 0.5) is 0 Å². The molecular formula is C19H27N3O3S2. The predicted octanol–water partition coefficient (Wildman–Crippen LogP) is 3.40. The molecule has 0 unspecified atom stereocenters. The minimum absolute atomic E-state index is 0.0775. The molecule has 0 amide bonds. The molecule has 148 valence electrons. The van der Waals surface area contributed by atoms with Crippen LogP contribution in [0.15, 0.2) is 28.7 Å². The Labute approximate surface area is 166 Å². The van der Waals surface area contributed by atoms with Crippen LogP contribution in [0.1, 0.15) is 43.2 Å². The van der Waals surface area contributed by atoms with Crippen molar-refractivity contribution in [3.63, 3.8) is 0 Å². The van der Waals surface area contributed by atoms with Crippen molar-refractivity contribution in [3.8, 4) is 0 Å². The second kappa shape index (κ2) is 8.24. The number of benzene rings is 1. The van der Waals surface area contributed by atoms with Crippen LogP contribution in [-0.4, -0.2) is 41.7 Å². The Morgan fingerprint density at radius 3 is 2.63 bits per heavy atom. The van der Waals surface area contributed by atoms with Gasteiger partial charge >= 0.3 is 0 Å². The van der Waals surface area contributed by atoms with Gasteiger partial charge in [-0.15, -0.1) is 5.10 Å². The van der Waals surface area contributed by atoms with Crippen molar-refractivity contribution in [2.75, 3.05) is 18.6 Å². The first-order chi connectivity index (χ1) is 12.7. The molecule has 1 atom stereocenters. The summed E-state index contributed by atoms with van der Waals surface area (Å²) >= 11 is 5.28. The summed E-state index contributed by atoms with van der Waals surface area (Å²) in [4.78, 5) is 2.44. The van der Waals surface area contributed by atoms with E-state index in [2.05, 4.69) is 48.1 Å². The molecule has 1 aromatic carbocycles. The minimum atomic E-state index is -2.89. The molecule has 1 aliphatic rings. The fraction of sp³-hybridized carbons (Fsp3) is 0.579. The van der Waals surface area contributed by atoms with E-state index in [0.717, 1.165) is 6.54 Å². The Hall–Kier alpha value is -1.51. The molecule has 0 aliphatic carbocycles. The maximum atomic E-state index is 11.6. The summed E-state index contributed by atoms with van der Waals surface area (Å²) in [5.74, 6) is 1.61. The lowest BCUT2D eigenvalue weighted by Crippen LogP contribution is -2.22. The van der Waals surface area contributed by atoms with Crippen LogP contribution in [0.5, 0.6) is 0 Å². The lowest BCUT2D eigenvalue weighted by atomic mass is 10.0. The van der Waals surface area contributed by atoms with E-state index < -0.39 is 9.84 Å². The number of nitrogens with zero attached hydrogens (tertiary/aromatic N) is 3. The lowest BCUT2D eigenvalue weighted by molar-refractivity contribution is 0.240. The second-order valence-electron chi connectivity index (χ2n) is 7.79. The van der Waals surface area contributed by atoms with Gasteiger partial charge in [0.15, 0.2) is 9.84 Å². The van der Waals surface area contributed by atoms with Crippen molar-refractivity contribution >= 4 is 22.1 Å². The van der Waals surface area contributed by atoms with E-state index in [-0.39, 0.29) is 17.4 Å². The van der Waals surface area contributed by atoms with Crippen molar-refractivity contribution in [1.82, 2.24) is 14.7 Å². The van der Waals surface area contributed by atoms with Crippen molar-refractivity contribution in [2.24, 2.45) is 5.92 Å². The largest absolute Gasteiger partial charge is 0.414 e. The third kappa shape index (κ3) is 5.49. The van der Waals surface area contributed by atoms with Crippen LogP contribution >= 0.6 is 12.2 Å². The quantitative estimate of drug-likeness (QED) is 0.653. The van der Waals surface area contributed by atoms with E-state index in [1.807, 2.05) is 7.05 Å². The number of sulfone groups is 1. The average Bonchev–Trinajstić information content (AvgIpc) is 3.09. The highest BCUT2D eigenvalue weighted by Crippen LogP contribution is 2.22. The molecule has 6 nitrogen and oxygen atoms in total. The molecular weight excluding hydrogens is 382 g/mol. The summed E-state index contributed by atoms with van der Waals surface area (Å²) in [6.45, 7) is 5.68. The second-order valence-corrected chi connectivity index (χ2v) is 10.4. The monoisotopic (exact) mass is 409 g/mol. The van der Waals surface area contributed by atoms with Gasteiger partial charge in [-0.3, -0.25) is 4.90 Å². The molecule has 3 rings (SSSR count). The van der Waals surface area contributed by atoms with Crippen molar-refractivity contribution in [1.29, 1.82) is 0 Å². The number of rotatable bonds is 7. The Morgan fingerprint density at radius 1 is 1.33 bits per heavy atom. The molecule has 0 radical (unpaired) electrons. The van der Waals surface area contributed by atoms with E-state index >= 15 is 0 Å². The molecule has 8 heteroatoms. The van der Waals surface area contributed by atoms with Crippen molar-refractivity contribution in [3.05, 3.63) is 46.1 Å². The summed E-state index contributed by atoms with van der Waals surface area (Å²) in [6, 6.07) is 8.65. The first-order valence-corrected chi connectivity index (χ1v) is 11.5. The van der Waals surface area contributed by atoms with Gasteiger partial charge in [0.2, 0.25) is 5.89 Å². The van der Waals surface area contributed by atoms with Gasteiger partial charge in [0.1, 0.15) is 0 Å². The zero-order valence-electron chi connectivity index (χ0n) is 16.1. The zero-order valence-corrected chi connectivity index (χ0v) is 17.7. The first-order valence-electron chi connectivity index (χ1n) is 9.26. The highest BCUT2D eigenvalue weighted by atomic mass is 32.2. The summed E-state index contributed by atoms with van der Waals surface area (Å²) in [5.41, 5.74) is 2.56. The van der Waals surface area contributed by atoms with Gasteiger partial charge in [-0.2, -0.15) is 0 Å². The van der Waals surface area contributed by atoms with E-state index in [1.165, 1.54) is 11.1 Å². The molecule has 0 spiro atoms. The molecule has 1 aromatic heterocycles. The van der Waals surface area contributed by atoms with Gasteiger partial charge in [-0.25, -0.2) is 13.1 Å². The molecule has 1 fully saturated rings. The van der Waals surface area contributed by atoms with Crippen LogP contribution in [-0.2, 0) is 29.5 Å². The van der Waals surface area contributed by atoms with Crippen molar-refractivity contribution < 1.29 is 12.8 Å². The minimum Gasteiger partial charge on any atom is -0.414 e. The fourth-order valence-corrected chi connectivity index (χ4v) is 5.46. The highest BCUT2D eigenvalue weighted by Gasteiger charge is 2.29. The third-order valence-corrected chi connectivity index (χ3v) is 7.04. The molecule has 27 heavy (non-hydrogen) atoms. The van der Waals surface area contributed by atoms with Gasteiger partial charge in [-0.1, -0.05) is 38.1 Å². The summed E-state index contributed by atoms with van der Waals surface area (Å²) in [5, 5.41) is 4.45. The highest BCUT2D eigenvalue weighted by molar-refractivity contribution is 7.91. The predicted molar refractivity (Wildman–Crippen MR) is 108 cm³/mol. The van der Waals surface area contributed by atoms with Crippen molar-refractivity contribution in [2.45, 2.75) is 45.8 Å². The molecule has 1 aliphatic heterocycles. The van der Waals surface area contributed by atoms with Crippen LogP contribution < -0.4 is 0 Å². The van der Waals surface area contributed by atoms with Gasteiger partial charge in [0.05, 0.1) is 18.2 Å². The fourth-order valence-electron chi connectivity index (χ4n) is 3.40. The molecule has 0 bridgehead atoms. The maximum Gasteiger partial charge on any atom is 0.288 e. The van der Waals surface area contributed by atoms with Gasteiger partial charge in [0.25, 0.3) is 4.84 Å². The van der Waals surface area contributed by atoms with Crippen LogP contribution in [0.3, 0.4) is 0 Å².